The van der Waals surface area contributed by atoms with E-state index in [0.717, 1.165) is 24.9 Å². The zero-order valence-corrected chi connectivity index (χ0v) is 11.0. The highest BCUT2D eigenvalue weighted by atomic mass is 16.5. The number of hydrogen-bond acceptors (Lipinski definition) is 3. The summed E-state index contributed by atoms with van der Waals surface area (Å²) < 4.78 is 5.43. The van der Waals surface area contributed by atoms with Crippen LogP contribution in [0.1, 0.15) is 24.0 Å². The zero-order chi connectivity index (χ0) is 12.3. The highest BCUT2D eigenvalue weighted by Gasteiger charge is 2.26. The molecule has 0 aromatic heterocycles. The fourth-order valence-electron chi connectivity index (χ4n) is 2.18. The van der Waals surface area contributed by atoms with E-state index in [1.54, 1.807) is 7.11 Å². The summed E-state index contributed by atoms with van der Waals surface area (Å²) in [5, 5.41) is 3.18. The first-order chi connectivity index (χ1) is 8.24. The molecule has 0 unspecified atom stereocenters. The maximum Gasteiger partial charge on any atom is 0.123 e. The van der Waals surface area contributed by atoms with Gasteiger partial charge in [0, 0.05) is 24.7 Å². The van der Waals surface area contributed by atoms with Gasteiger partial charge in [-0.2, -0.15) is 0 Å². The van der Waals surface area contributed by atoms with Crippen molar-refractivity contribution < 1.29 is 4.74 Å². The van der Waals surface area contributed by atoms with E-state index in [4.69, 9.17) is 4.74 Å². The molecular weight excluding hydrogens is 212 g/mol. The number of ether oxygens (including phenoxy) is 1. The maximum atomic E-state index is 5.43. The number of benzene rings is 1. The quantitative estimate of drug-likeness (QED) is 0.815. The van der Waals surface area contributed by atoms with E-state index in [0.29, 0.717) is 0 Å². The van der Waals surface area contributed by atoms with Crippen LogP contribution < -0.4 is 10.1 Å². The molecule has 0 heterocycles. The van der Waals surface area contributed by atoms with Crippen molar-refractivity contribution in [2.24, 2.45) is 0 Å². The monoisotopic (exact) mass is 234 g/mol. The van der Waals surface area contributed by atoms with Crippen molar-refractivity contribution in [3.05, 3.63) is 29.3 Å². The lowest BCUT2D eigenvalue weighted by Crippen LogP contribution is -2.20. The maximum absolute atomic E-state index is 5.43. The average molecular weight is 234 g/mol. The van der Waals surface area contributed by atoms with Gasteiger partial charge in [0.1, 0.15) is 5.75 Å². The highest BCUT2D eigenvalue weighted by Crippen LogP contribution is 2.29. The highest BCUT2D eigenvalue weighted by molar-refractivity contribution is 5.37. The molecule has 3 nitrogen and oxygen atoms in total. The number of rotatable bonds is 6. The van der Waals surface area contributed by atoms with Crippen LogP contribution in [0.15, 0.2) is 18.2 Å². The summed E-state index contributed by atoms with van der Waals surface area (Å²) in [7, 11) is 5.91. The van der Waals surface area contributed by atoms with Crippen molar-refractivity contribution in [3.63, 3.8) is 0 Å². The van der Waals surface area contributed by atoms with Gasteiger partial charge in [0.2, 0.25) is 0 Å². The molecule has 1 saturated carbocycles. The Labute approximate surface area is 104 Å². The van der Waals surface area contributed by atoms with Crippen molar-refractivity contribution in [1.82, 2.24) is 10.2 Å². The standard InChI is InChI=1S/C14H22N2O/c1-15-9-11-4-7-14(17-3)12(8-11)10-16(2)13-5-6-13/h4,7-8,13,15H,5-6,9-10H2,1-3H3. The molecule has 1 aromatic carbocycles. The van der Waals surface area contributed by atoms with Gasteiger partial charge in [0.15, 0.2) is 0 Å². The van der Waals surface area contributed by atoms with E-state index in [9.17, 15) is 0 Å². The predicted octanol–water partition coefficient (Wildman–Crippen LogP) is 2.01. The van der Waals surface area contributed by atoms with Gasteiger partial charge in [0.25, 0.3) is 0 Å². The third-order valence-electron chi connectivity index (χ3n) is 3.32. The van der Waals surface area contributed by atoms with E-state index < -0.39 is 0 Å². The first kappa shape index (κ1) is 12.4. The summed E-state index contributed by atoms with van der Waals surface area (Å²) in [4.78, 5) is 2.42. The summed E-state index contributed by atoms with van der Waals surface area (Å²) in [5.41, 5.74) is 2.60. The number of methoxy groups -OCH3 is 1. The molecule has 0 atom stereocenters. The van der Waals surface area contributed by atoms with Crippen molar-refractivity contribution >= 4 is 0 Å². The molecule has 3 heteroatoms. The lowest BCUT2D eigenvalue weighted by atomic mass is 10.1. The summed E-state index contributed by atoms with van der Waals surface area (Å²) in [6, 6.07) is 7.22. The van der Waals surface area contributed by atoms with Crippen LogP contribution in [0.5, 0.6) is 5.75 Å². The first-order valence-electron chi connectivity index (χ1n) is 6.25. The lowest BCUT2D eigenvalue weighted by Gasteiger charge is -2.18. The Hall–Kier alpha value is -1.06. The third-order valence-corrected chi connectivity index (χ3v) is 3.32. The fourth-order valence-corrected chi connectivity index (χ4v) is 2.18. The molecular formula is C14H22N2O. The van der Waals surface area contributed by atoms with Crippen LogP contribution in [0.4, 0.5) is 0 Å². The Morgan fingerprint density at radius 3 is 2.76 bits per heavy atom. The third kappa shape index (κ3) is 3.20. The van der Waals surface area contributed by atoms with E-state index in [2.05, 4.69) is 35.5 Å². The summed E-state index contributed by atoms with van der Waals surface area (Å²) in [6.45, 7) is 1.88. The van der Waals surface area contributed by atoms with Gasteiger partial charge in [-0.3, -0.25) is 4.90 Å². The van der Waals surface area contributed by atoms with Gasteiger partial charge in [-0.15, -0.1) is 0 Å². The van der Waals surface area contributed by atoms with Crippen molar-refractivity contribution in [3.8, 4) is 5.75 Å². The zero-order valence-electron chi connectivity index (χ0n) is 11.0. The first-order valence-corrected chi connectivity index (χ1v) is 6.25. The molecule has 1 N–H and O–H groups in total. The molecule has 0 radical (unpaired) electrons. The SMILES string of the molecule is CNCc1ccc(OC)c(CN(C)C2CC2)c1. The Bertz CT molecular complexity index is 374. The lowest BCUT2D eigenvalue weighted by molar-refractivity contribution is 0.307. The molecule has 17 heavy (non-hydrogen) atoms. The van der Waals surface area contributed by atoms with E-state index in [-0.39, 0.29) is 0 Å². The fraction of sp³-hybridized carbons (Fsp3) is 0.571. The van der Waals surface area contributed by atoms with Crippen LogP contribution in [0.3, 0.4) is 0 Å². The minimum Gasteiger partial charge on any atom is -0.496 e. The molecule has 0 spiro atoms. The van der Waals surface area contributed by atoms with E-state index in [1.807, 2.05) is 7.05 Å². The van der Waals surface area contributed by atoms with Crippen molar-refractivity contribution in [2.45, 2.75) is 32.0 Å². The predicted molar refractivity (Wildman–Crippen MR) is 70.2 cm³/mol. The second-order valence-corrected chi connectivity index (χ2v) is 4.82. The van der Waals surface area contributed by atoms with Crippen molar-refractivity contribution in [1.29, 1.82) is 0 Å². The molecule has 2 rings (SSSR count). The number of nitrogens with zero attached hydrogens (tertiary/aromatic N) is 1. The molecule has 1 fully saturated rings. The van der Waals surface area contributed by atoms with Gasteiger partial charge in [-0.05, 0) is 44.6 Å². The molecule has 1 aromatic rings. The van der Waals surface area contributed by atoms with Crippen LogP contribution >= 0.6 is 0 Å². The smallest absolute Gasteiger partial charge is 0.123 e. The Morgan fingerprint density at radius 2 is 2.18 bits per heavy atom. The largest absolute Gasteiger partial charge is 0.496 e. The molecule has 1 aliphatic rings. The van der Waals surface area contributed by atoms with Gasteiger partial charge >= 0.3 is 0 Å². The average Bonchev–Trinajstić information content (AvgIpc) is 3.13. The van der Waals surface area contributed by atoms with Gasteiger partial charge in [-0.25, -0.2) is 0 Å². The van der Waals surface area contributed by atoms with E-state index in [1.165, 1.54) is 24.0 Å². The van der Waals surface area contributed by atoms with E-state index >= 15 is 0 Å². The normalized spacial score (nSPS) is 15.3. The summed E-state index contributed by atoms with van der Waals surface area (Å²) >= 11 is 0. The van der Waals surface area contributed by atoms with Crippen LogP contribution in [-0.4, -0.2) is 32.1 Å². The number of nitrogens with one attached hydrogen (secondary N) is 1. The molecule has 94 valence electrons. The van der Waals surface area contributed by atoms with Crippen LogP contribution in [0.25, 0.3) is 0 Å². The van der Waals surface area contributed by atoms with Crippen LogP contribution in [0.2, 0.25) is 0 Å². The van der Waals surface area contributed by atoms with Gasteiger partial charge in [0.05, 0.1) is 7.11 Å². The molecule has 0 aliphatic heterocycles. The van der Waals surface area contributed by atoms with Gasteiger partial charge in [-0.1, -0.05) is 6.07 Å². The second-order valence-electron chi connectivity index (χ2n) is 4.82. The molecule has 1 aliphatic carbocycles. The van der Waals surface area contributed by atoms with Crippen LogP contribution in [-0.2, 0) is 13.1 Å². The van der Waals surface area contributed by atoms with Crippen molar-refractivity contribution in [2.75, 3.05) is 21.2 Å². The summed E-state index contributed by atoms with van der Waals surface area (Å²) in [5.74, 6) is 0.998. The number of hydrogen-bond donors (Lipinski definition) is 1. The topological polar surface area (TPSA) is 24.5 Å². The minimum atomic E-state index is 0.785. The Morgan fingerprint density at radius 1 is 1.41 bits per heavy atom. The molecule has 0 saturated heterocycles. The Kier molecular flexibility index (Phi) is 4.02. The van der Waals surface area contributed by atoms with Gasteiger partial charge < -0.3 is 10.1 Å². The minimum absolute atomic E-state index is 0.785. The van der Waals surface area contributed by atoms with Crippen LogP contribution in [0, 0.1) is 0 Å². The molecule has 0 amide bonds. The summed E-state index contributed by atoms with van der Waals surface area (Å²) in [6.07, 6.45) is 2.68. The second kappa shape index (κ2) is 5.52. The molecule has 0 bridgehead atoms. The Balaban J connectivity index is 2.12.